The van der Waals surface area contributed by atoms with Crippen LogP contribution in [0.4, 0.5) is 13.2 Å². The molecular weight excluding hydrogens is 305 g/mol. The summed E-state index contributed by atoms with van der Waals surface area (Å²) in [6.07, 6.45) is -3.52. The largest absolute Gasteiger partial charge is 0.401 e. The van der Waals surface area contributed by atoms with Crippen molar-refractivity contribution in [2.75, 3.05) is 26.2 Å². The molecule has 0 aromatic carbocycles. The third-order valence-electron chi connectivity index (χ3n) is 3.28. The van der Waals surface area contributed by atoms with Gasteiger partial charge >= 0.3 is 6.18 Å². The lowest BCUT2D eigenvalue weighted by molar-refractivity contribution is -0.143. The maximum absolute atomic E-state index is 12.3. The molecule has 5 nitrogen and oxygen atoms in total. The van der Waals surface area contributed by atoms with Crippen LogP contribution in [0, 0.1) is 5.92 Å². The molecule has 2 rings (SSSR count). The van der Waals surface area contributed by atoms with Crippen LogP contribution in [-0.4, -0.2) is 48.1 Å². The molecule has 0 saturated carbocycles. The van der Waals surface area contributed by atoms with Crippen molar-refractivity contribution in [2.24, 2.45) is 11.7 Å². The Morgan fingerprint density at radius 3 is 2.95 bits per heavy atom. The van der Waals surface area contributed by atoms with Crippen molar-refractivity contribution >= 4 is 17.2 Å². The van der Waals surface area contributed by atoms with Crippen molar-refractivity contribution in [3.8, 4) is 0 Å². The van der Waals surface area contributed by atoms with Gasteiger partial charge in [0.15, 0.2) is 0 Å². The Bertz CT molecular complexity index is 491. The molecule has 9 heteroatoms. The summed E-state index contributed by atoms with van der Waals surface area (Å²) in [4.78, 5) is 17.3. The van der Waals surface area contributed by atoms with Gasteiger partial charge in [-0.2, -0.15) is 13.2 Å². The Hall–Kier alpha value is -1.19. The Balaban J connectivity index is 1.75. The first-order valence-electron chi connectivity index (χ1n) is 6.59. The SMILES string of the molecule is NCc1nc(C(=O)NCC2CCN(CC(F)(F)F)C2)cs1. The van der Waals surface area contributed by atoms with E-state index in [9.17, 15) is 18.0 Å². The van der Waals surface area contributed by atoms with Crippen LogP contribution in [0.15, 0.2) is 5.38 Å². The fraction of sp³-hybridized carbons (Fsp3) is 0.667. The van der Waals surface area contributed by atoms with Gasteiger partial charge in [-0.15, -0.1) is 11.3 Å². The molecule has 21 heavy (non-hydrogen) atoms. The zero-order valence-corrected chi connectivity index (χ0v) is 12.1. The lowest BCUT2D eigenvalue weighted by Crippen LogP contribution is -2.34. The number of amides is 1. The monoisotopic (exact) mass is 322 g/mol. The number of nitrogens with two attached hydrogens (primary N) is 1. The highest BCUT2D eigenvalue weighted by molar-refractivity contribution is 7.09. The van der Waals surface area contributed by atoms with E-state index in [0.717, 1.165) is 0 Å². The van der Waals surface area contributed by atoms with Gasteiger partial charge in [-0.1, -0.05) is 0 Å². The van der Waals surface area contributed by atoms with Crippen LogP contribution in [0.25, 0.3) is 0 Å². The predicted molar refractivity (Wildman–Crippen MR) is 72.9 cm³/mol. The molecule has 1 aliphatic heterocycles. The Morgan fingerprint density at radius 2 is 2.33 bits per heavy atom. The molecular formula is C12H17F3N4OS. The molecule has 1 unspecified atom stereocenters. The van der Waals surface area contributed by atoms with E-state index in [4.69, 9.17) is 5.73 Å². The summed E-state index contributed by atoms with van der Waals surface area (Å²) in [5.74, 6) is -0.260. The third kappa shape index (κ3) is 4.94. The summed E-state index contributed by atoms with van der Waals surface area (Å²) in [6, 6.07) is 0. The van der Waals surface area contributed by atoms with E-state index < -0.39 is 12.7 Å². The van der Waals surface area contributed by atoms with E-state index in [0.29, 0.717) is 36.8 Å². The average Bonchev–Trinajstić information content (AvgIpc) is 3.02. The fourth-order valence-corrected chi connectivity index (χ4v) is 2.97. The number of halogens is 3. The molecule has 1 aromatic rings. The second-order valence-corrected chi connectivity index (χ2v) is 5.99. The van der Waals surface area contributed by atoms with Crippen molar-refractivity contribution in [3.63, 3.8) is 0 Å². The second kappa shape index (κ2) is 6.71. The summed E-state index contributed by atoms with van der Waals surface area (Å²) in [6.45, 7) is 0.526. The van der Waals surface area contributed by atoms with Gasteiger partial charge in [0, 0.05) is 25.0 Å². The maximum atomic E-state index is 12.3. The van der Waals surface area contributed by atoms with Gasteiger partial charge in [0.05, 0.1) is 6.54 Å². The predicted octanol–water partition coefficient (Wildman–Crippen LogP) is 1.22. The van der Waals surface area contributed by atoms with E-state index in [1.54, 1.807) is 5.38 Å². The van der Waals surface area contributed by atoms with Crippen LogP contribution in [0.1, 0.15) is 21.9 Å². The van der Waals surface area contributed by atoms with Gasteiger partial charge in [-0.05, 0) is 18.9 Å². The van der Waals surface area contributed by atoms with E-state index in [-0.39, 0.29) is 18.4 Å². The number of nitrogens with zero attached hydrogens (tertiary/aromatic N) is 2. The Kier molecular flexibility index (Phi) is 5.17. The average molecular weight is 322 g/mol. The zero-order chi connectivity index (χ0) is 15.5. The van der Waals surface area contributed by atoms with E-state index in [2.05, 4.69) is 10.3 Å². The number of carbonyl (C=O) groups excluding carboxylic acids is 1. The summed E-state index contributed by atoms with van der Waals surface area (Å²) in [5, 5.41) is 5.02. The molecule has 1 amide bonds. The van der Waals surface area contributed by atoms with Crippen molar-refractivity contribution in [3.05, 3.63) is 16.1 Å². The van der Waals surface area contributed by atoms with Gasteiger partial charge in [0.2, 0.25) is 0 Å². The maximum Gasteiger partial charge on any atom is 0.401 e. The quantitative estimate of drug-likeness (QED) is 0.855. The number of aromatic nitrogens is 1. The highest BCUT2D eigenvalue weighted by Crippen LogP contribution is 2.22. The van der Waals surface area contributed by atoms with Crippen LogP contribution in [0.3, 0.4) is 0 Å². The minimum absolute atomic E-state index is 0.0453. The molecule has 1 fully saturated rings. The van der Waals surface area contributed by atoms with Gasteiger partial charge in [0.1, 0.15) is 10.7 Å². The van der Waals surface area contributed by atoms with Crippen molar-refractivity contribution in [2.45, 2.75) is 19.1 Å². The van der Waals surface area contributed by atoms with Crippen LogP contribution in [0.2, 0.25) is 0 Å². The van der Waals surface area contributed by atoms with Crippen molar-refractivity contribution in [1.29, 1.82) is 0 Å². The van der Waals surface area contributed by atoms with Crippen molar-refractivity contribution in [1.82, 2.24) is 15.2 Å². The first-order valence-corrected chi connectivity index (χ1v) is 7.47. The molecule has 0 aliphatic carbocycles. The third-order valence-corrected chi connectivity index (χ3v) is 4.15. The van der Waals surface area contributed by atoms with Gasteiger partial charge in [0.25, 0.3) is 5.91 Å². The normalized spacial score (nSPS) is 19.9. The zero-order valence-electron chi connectivity index (χ0n) is 11.3. The van der Waals surface area contributed by atoms with Crippen molar-refractivity contribution < 1.29 is 18.0 Å². The lowest BCUT2D eigenvalue weighted by atomic mass is 10.1. The summed E-state index contributed by atoms with van der Waals surface area (Å²) >= 11 is 1.31. The number of hydrogen-bond acceptors (Lipinski definition) is 5. The number of hydrogen-bond donors (Lipinski definition) is 2. The summed E-state index contributed by atoms with van der Waals surface area (Å²) < 4.78 is 36.8. The first-order chi connectivity index (χ1) is 9.87. The van der Waals surface area contributed by atoms with Gasteiger partial charge in [-0.25, -0.2) is 4.98 Å². The molecule has 0 radical (unpaired) electrons. The topological polar surface area (TPSA) is 71.2 Å². The highest BCUT2D eigenvalue weighted by atomic mass is 32.1. The minimum atomic E-state index is -4.17. The van der Waals surface area contributed by atoms with Crippen LogP contribution < -0.4 is 11.1 Å². The first kappa shape index (κ1) is 16.2. The van der Waals surface area contributed by atoms with Crippen LogP contribution in [0.5, 0.6) is 0 Å². The molecule has 1 atom stereocenters. The summed E-state index contributed by atoms with van der Waals surface area (Å²) in [5.41, 5.74) is 5.73. The molecule has 1 aliphatic rings. The standard InChI is InChI=1S/C12H17F3N4OS/c13-12(14,15)7-19-2-1-8(5-19)4-17-11(20)9-6-21-10(3-16)18-9/h6,8H,1-5,7,16H2,(H,17,20). The van der Waals surface area contributed by atoms with Crippen LogP contribution in [-0.2, 0) is 6.54 Å². The lowest BCUT2D eigenvalue weighted by Gasteiger charge is -2.17. The summed E-state index contributed by atoms with van der Waals surface area (Å²) in [7, 11) is 0. The number of thiazole rings is 1. The molecule has 0 spiro atoms. The molecule has 1 saturated heterocycles. The number of nitrogens with one attached hydrogen (secondary N) is 1. The van der Waals surface area contributed by atoms with Gasteiger partial charge < -0.3 is 11.1 Å². The second-order valence-electron chi connectivity index (χ2n) is 5.05. The van der Waals surface area contributed by atoms with E-state index in [1.807, 2.05) is 0 Å². The van der Waals surface area contributed by atoms with Gasteiger partial charge in [-0.3, -0.25) is 9.69 Å². The molecule has 3 N–H and O–H groups in total. The van der Waals surface area contributed by atoms with E-state index in [1.165, 1.54) is 16.2 Å². The molecule has 2 heterocycles. The fourth-order valence-electron chi connectivity index (χ4n) is 2.31. The van der Waals surface area contributed by atoms with Crippen LogP contribution >= 0.6 is 11.3 Å². The Morgan fingerprint density at radius 1 is 1.57 bits per heavy atom. The Labute approximate surface area is 124 Å². The number of likely N-dealkylation sites (tertiary alicyclic amines) is 1. The number of rotatable bonds is 5. The molecule has 1 aromatic heterocycles. The highest BCUT2D eigenvalue weighted by Gasteiger charge is 2.34. The minimum Gasteiger partial charge on any atom is -0.350 e. The van der Waals surface area contributed by atoms with E-state index >= 15 is 0 Å². The molecule has 118 valence electrons. The molecule has 0 bridgehead atoms. The smallest absolute Gasteiger partial charge is 0.350 e. The number of alkyl halides is 3. The number of carbonyl (C=O) groups is 1.